The van der Waals surface area contributed by atoms with E-state index < -0.39 is 5.41 Å². The van der Waals surface area contributed by atoms with E-state index in [1.54, 1.807) is 0 Å². The van der Waals surface area contributed by atoms with Gasteiger partial charge in [-0.15, -0.1) is 0 Å². The molecule has 2 aliphatic carbocycles. The molecule has 0 spiro atoms. The smallest absolute Gasteiger partial charge is 0.230 e. The van der Waals surface area contributed by atoms with Crippen LogP contribution >= 0.6 is 0 Å². The zero-order chi connectivity index (χ0) is 19.4. The van der Waals surface area contributed by atoms with Crippen LogP contribution in [0.3, 0.4) is 0 Å². The van der Waals surface area contributed by atoms with Gasteiger partial charge in [-0.2, -0.15) is 0 Å². The molecule has 28 heavy (non-hydrogen) atoms. The molecule has 0 atom stereocenters. The van der Waals surface area contributed by atoms with Crippen LogP contribution in [0.5, 0.6) is 0 Å². The lowest BCUT2D eigenvalue weighted by molar-refractivity contribution is -0.128. The van der Waals surface area contributed by atoms with Crippen LogP contribution in [0.1, 0.15) is 56.1 Å². The number of rotatable bonds is 6. The summed E-state index contributed by atoms with van der Waals surface area (Å²) in [5, 5.41) is 6.15. The largest absolute Gasteiger partial charge is 0.351 e. The molecule has 4 nitrogen and oxygen atoms in total. The lowest BCUT2D eigenvalue weighted by Gasteiger charge is -2.36. The minimum atomic E-state index is -0.466. The summed E-state index contributed by atoms with van der Waals surface area (Å²) in [7, 11) is 0. The van der Waals surface area contributed by atoms with E-state index in [0.717, 1.165) is 55.3 Å². The molecule has 0 aliphatic heterocycles. The number of carbonyl (C=O) groups is 2. The van der Waals surface area contributed by atoms with Crippen LogP contribution in [0.25, 0.3) is 0 Å². The van der Waals surface area contributed by atoms with Crippen LogP contribution in [0.2, 0.25) is 0 Å². The first-order chi connectivity index (χ1) is 13.7. The molecule has 2 aromatic rings. The Bertz CT molecular complexity index is 819. The Labute approximate surface area is 166 Å². The van der Waals surface area contributed by atoms with Crippen LogP contribution in [0.15, 0.2) is 54.6 Å². The van der Waals surface area contributed by atoms with E-state index in [2.05, 4.69) is 10.6 Å². The van der Waals surface area contributed by atoms with Crippen molar-refractivity contribution in [2.24, 2.45) is 5.92 Å². The topological polar surface area (TPSA) is 58.2 Å². The van der Waals surface area contributed by atoms with Crippen molar-refractivity contribution in [3.8, 4) is 0 Å². The van der Waals surface area contributed by atoms with Gasteiger partial charge in [0.05, 0.1) is 5.41 Å². The summed E-state index contributed by atoms with van der Waals surface area (Å²) in [6, 6.07) is 18.0. The third-order valence-corrected chi connectivity index (χ3v) is 6.09. The van der Waals surface area contributed by atoms with Crippen molar-refractivity contribution in [3.63, 3.8) is 0 Å². The molecule has 4 heteroatoms. The van der Waals surface area contributed by atoms with E-state index in [9.17, 15) is 9.59 Å². The molecular formula is C24H28N2O2. The number of hydrogen-bond acceptors (Lipinski definition) is 2. The summed E-state index contributed by atoms with van der Waals surface area (Å²) in [6.45, 7) is 0.553. The Morgan fingerprint density at radius 3 is 2.21 bits per heavy atom. The van der Waals surface area contributed by atoms with E-state index in [4.69, 9.17) is 0 Å². The maximum absolute atomic E-state index is 13.3. The molecule has 2 aliphatic rings. The fraction of sp³-hybridized carbons (Fsp3) is 0.417. The quantitative estimate of drug-likeness (QED) is 0.777. The number of nitrogens with one attached hydrogen (secondary N) is 2. The van der Waals surface area contributed by atoms with E-state index in [-0.39, 0.29) is 17.7 Å². The zero-order valence-corrected chi connectivity index (χ0v) is 16.2. The van der Waals surface area contributed by atoms with E-state index in [0.29, 0.717) is 6.54 Å². The summed E-state index contributed by atoms with van der Waals surface area (Å²) in [4.78, 5) is 25.3. The van der Waals surface area contributed by atoms with Crippen molar-refractivity contribution < 1.29 is 9.59 Å². The molecule has 0 aromatic heterocycles. The first-order valence-electron chi connectivity index (χ1n) is 10.4. The molecule has 4 rings (SSSR count). The molecule has 2 N–H and O–H groups in total. The molecule has 0 heterocycles. The second-order valence-electron chi connectivity index (χ2n) is 8.15. The Kier molecular flexibility index (Phi) is 5.47. The first-order valence-corrected chi connectivity index (χ1v) is 10.4. The maximum atomic E-state index is 13.3. The van der Waals surface area contributed by atoms with Gasteiger partial charge in [0, 0.05) is 18.2 Å². The fourth-order valence-electron chi connectivity index (χ4n) is 4.21. The van der Waals surface area contributed by atoms with Crippen LogP contribution in [-0.4, -0.2) is 11.8 Å². The van der Waals surface area contributed by atoms with Crippen LogP contribution < -0.4 is 10.6 Å². The second kappa shape index (κ2) is 8.17. The van der Waals surface area contributed by atoms with Crippen molar-refractivity contribution in [3.05, 3.63) is 65.7 Å². The Balaban J connectivity index is 1.49. The Morgan fingerprint density at radius 2 is 1.57 bits per heavy atom. The molecule has 2 aromatic carbocycles. The van der Waals surface area contributed by atoms with Crippen molar-refractivity contribution >= 4 is 17.5 Å². The molecule has 0 radical (unpaired) electrons. The Morgan fingerprint density at radius 1 is 0.893 bits per heavy atom. The van der Waals surface area contributed by atoms with Crippen molar-refractivity contribution in [1.29, 1.82) is 0 Å². The summed E-state index contributed by atoms with van der Waals surface area (Å²) in [5.41, 5.74) is 2.52. The minimum Gasteiger partial charge on any atom is -0.351 e. The van der Waals surface area contributed by atoms with Crippen molar-refractivity contribution in [2.75, 3.05) is 5.32 Å². The molecular weight excluding hydrogens is 348 g/mol. The van der Waals surface area contributed by atoms with Gasteiger partial charge in [-0.3, -0.25) is 9.59 Å². The number of hydrogen-bond donors (Lipinski definition) is 2. The highest BCUT2D eigenvalue weighted by Gasteiger charge is 2.41. The van der Waals surface area contributed by atoms with E-state index in [1.807, 2.05) is 54.6 Å². The SMILES string of the molecule is O=C(Nc1ccc(C2(C(=O)NCc3ccccc3)CCCCC2)cc1)C1CC1. The highest BCUT2D eigenvalue weighted by molar-refractivity contribution is 5.94. The van der Waals surface area contributed by atoms with Gasteiger partial charge in [0.25, 0.3) is 0 Å². The van der Waals surface area contributed by atoms with Crippen LogP contribution in [0, 0.1) is 5.92 Å². The molecule has 0 bridgehead atoms. The molecule has 2 saturated carbocycles. The normalized spacial score (nSPS) is 18.3. The van der Waals surface area contributed by atoms with Gasteiger partial charge in [-0.1, -0.05) is 61.7 Å². The highest BCUT2D eigenvalue weighted by Crippen LogP contribution is 2.40. The van der Waals surface area contributed by atoms with Crippen LogP contribution in [0.4, 0.5) is 5.69 Å². The van der Waals surface area contributed by atoms with Gasteiger partial charge in [0.1, 0.15) is 0 Å². The summed E-state index contributed by atoms with van der Waals surface area (Å²) in [5.74, 6) is 0.416. The summed E-state index contributed by atoms with van der Waals surface area (Å²) in [6.07, 6.45) is 7.06. The molecule has 2 amide bonds. The lowest BCUT2D eigenvalue weighted by atomic mass is 9.68. The van der Waals surface area contributed by atoms with Crippen molar-refractivity contribution in [1.82, 2.24) is 5.32 Å². The standard InChI is InChI=1S/C24H28N2O2/c27-22(19-9-10-19)26-21-13-11-20(12-14-21)24(15-5-2-6-16-24)23(28)25-17-18-7-3-1-4-8-18/h1,3-4,7-8,11-14,19H,2,5-6,9-10,15-17H2,(H,25,28)(H,26,27). The fourth-order valence-corrected chi connectivity index (χ4v) is 4.21. The number of amides is 2. The van der Waals surface area contributed by atoms with E-state index in [1.165, 1.54) is 6.42 Å². The Hall–Kier alpha value is -2.62. The highest BCUT2D eigenvalue weighted by atomic mass is 16.2. The van der Waals surface area contributed by atoms with Crippen LogP contribution in [-0.2, 0) is 21.5 Å². The van der Waals surface area contributed by atoms with E-state index >= 15 is 0 Å². The average Bonchev–Trinajstić information content (AvgIpc) is 3.59. The zero-order valence-electron chi connectivity index (χ0n) is 16.2. The second-order valence-corrected chi connectivity index (χ2v) is 8.15. The van der Waals surface area contributed by atoms with Crippen molar-refractivity contribution in [2.45, 2.75) is 56.9 Å². The number of carbonyl (C=O) groups excluding carboxylic acids is 2. The van der Waals surface area contributed by atoms with Gasteiger partial charge >= 0.3 is 0 Å². The maximum Gasteiger partial charge on any atom is 0.230 e. The summed E-state index contributed by atoms with van der Waals surface area (Å²) < 4.78 is 0. The predicted octanol–water partition coefficient (Wildman–Crippen LogP) is 4.55. The number of benzene rings is 2. The number of anilines is 1. The summed E-state index contributed by atoms with van der Waals surface area (Å²) >= 11 is 0. The minimum absolute atomic E-state index is 0.112. The first kappa shape index (κ1) is 18.7. The average molecular weight is 377 g/mol. The lowest BCUT2D eigenvalue weighted by Crippen LogP contribution is -2.45. The van der Waals surface area contributed by atoms with Gasteiger partial charge in [0.15, 0.2) is 0 Å². The molecule has 2 fully saturated rings. The predicted molar refractivity (Wildman–Crippen MR) is 111 cm³/mol. The third-order valence-electron chi connectivity index (χ3n) is 6.09. The molecule has 0 unspecified atom stereocenters. The monoisotopic (exact) mass is 376 g/mol. The van der Waals surface area contributed by atoms with Gasteiger partial charge < -0.3 is 10.6 Å². The van der Waals surface area contributed by atoms with Gasteiger partial charge in [-0.05, 0) is 48.9 Å². The van der Waals surface area contributed by atoms with Gasteiger partial charge in [-0.25, -0.2) is 0 Å². The molecule has 146 valence electrons. The van der Waals surface area contributed by atoms with Gasteiger partial charge in [0.2, 0.25) is 11.8 Å². The third kappa shape index (κ3) is 4.11. The molecule has 0 saturated heterocycles.